The fourth-order valence-corrected chi connectivity index (χ4v) is 4.88. The number of rotatable bonds is 7. The van der Waals surface area contributed by atoms with Crippen molar-refractivity contribution in [2.75, 3.05) is 26.3 Å². The Hall–Kier alpha value is -4.09. The number of pyridine rings is 1. The van der Waals surface area contributed by atoms with Crippen LogP contribution in [0.1, 0.15) is 33.9 Å². The molecule has 1 aliphatic heterocycles. The molecule has 4 aromatic rings. The lowest BCUT2D eigenvalue weighted by Gasteiger charge is -2.45. The highest BCUT2D eigenvalue weighted by molar-refractivity contribution is 6.09. The number of nitriles is 1. The molecule has 0 spiro atoms. The van der Waals surface area contributed by atoms with Crippen LogP contribution in [0.15, 0.2) is 84.9 Å². The van der Waals surface area contributed by atoms with E-state index in [9.17, 15) is 15.3 Å². The van der Waals surface area contributed by atoms with Crippen molar-refractivity contribution in [1.82, 2.24) is 10.3 Å². The minimum absolute atomic E-state index is 0.0996. The van der Waals surface area contributed by atoms with Gasteiger partial charge in [-0.2, -0.15) is 5.26 Å². The van der Waals surface area contributed by atoms with Gasteiger partial charge in [0.1, 0.15) is 19.6 Å². The summed E-state index contributed by atoms with van der Waals surface area (Å²) in [6.07, 6.45) is 0.124. The van der Waals surface area contributed by atoms with Crippen LogP contribution in [-0.4, -0.2) is 41.8 Å². The van der Waals surface area contributed by atoms with E-state index in [1.165, 1.54) is 0 Å². The lowest BCUT2D eigenvalue weighted by molar-refractivity contribution is -0.901. The number of benzene rings is 3. The maximum atomic E-state index is 14.1. The molecule has 2 heterocycles. The van der Waals surface area contributed by atoms with E-state index in [-0.39, 0.29) is 18.9 Å². The van der Waals surface area contributed by atoms with E-state index in [2.05, 4.69) is 11.4 Å². The molecule has 1 aromatic heterocycles. The Morgan fingerprint density at radius 2 is 1.65 bits per heavy atom. The van der Waals surface area contributed by atoms with E-state index in [1.807, 2.05) is 84.9 Å². The SMILES string of the molecule is N#CCC(NC(=O)c1c(C[N+]2([O-])CCOCC2)c(-c2ccccc2)nc2ccccc12)c1ccccc1. The summed E-state index contributed by atoms with van der Waals surface area (Å²) < 4.78 is 4.97. The van der Waals surface area contributed by atoms with Gasteiger partial charge in [-0.25, -0.2) is 4.98 Å². The van der Waals surface area contributed by atoms with Gasteiger partial charge in [0.25, 0.3) is 5.91 Å². The quantitative estimate of drug-likeness (QED) is 0.285. The summed E-state index contributed by atoms with van der Waals surface area (Å²) in [6, 6.07) is 28.3. The second kappa shape index (κ2) is 10.9. The third-order valence-corrected chi connectivity index (χ3v) is 6.80. The standard InChI is InChI=1S/C30H28N4O3/c31-16-15-26(22-9-3-1-4-10-22)33-30(35)28-24-13-7-8-14-27(24)32-29(23-11-5-2-6-12-23)25(28)21-34(36)17-19-37-20-18-34/h1-14,26H,15,17-21H2,(H,33,35). The van der Waals surface area contributed by atoms with Crippen molar-refractivity contribution in [2.24, 2.45) is 0 Å². The maximum Gasteiger partial charge on any atom is 0.253 e. The summed E-state index contributed by atoms with van der Waals surface area (Å²) >= 11 is 0. The zero-order chi connectivity index (χ0) is 25.7. The molecular formula is C30H28N4O3. The fraction of sp³-hybridized carbons (Fsp3) is 0.233. The average molecular weight is 493 g/mol. The summed E-state index contributed by atoms with van der Waals surface area (Å²) in [6.45, 7) is 1.48. The minimum Gasteiger partial charge on any atom is -0.632 e. The van der Waals surface area contributed by atoms with Crippen molar-refractivity contribution in [1.29, 1.82) is 5.26 Å². The number of nitrogens with zero attached hydrogens (tertiary/aromatic N) is 3. The van der Waals surface area contributed by atoms with Gasteiger partial charge in [0.2, 0.25) is 0 Å². The smallest absolute Gasteiger partial charge is 0.253 e. The molecule has 1 N–H and O–H groups in total. The zero-order valence-electron chi connectivity index (χ0n) is 20.5. The zero-order valence-corrected chi connectivity index (χ0v) is 20.5. The highest BCUT2D eigenvalue weighted by Gasteiger charge is 2.30. The van der Waals surface area contributed by atoms with Crippen molar-refractivity contribution in [3.05, 3.63) is 107 Å². The van der Waals surface area contributed by atoms with Gasteiger partial charge in [-0.1, -0.05) is 78.9 Å². The van der Waals surface area contributed by atoms with E-state index in [4.69, 9.17) is 9.72 Å². The van der Waals surface area contributed by atoms with Gasteiger partial charge >= 0.3 is 0 Å². The molecule has 1 saturated heterocycles. The molecule has 7 nitrogen and oxygen atoms in total. The number of para-hydroxylation sites is 1. The molecule has 0 saturated carbocycles. The van der Waals surface area contributed by atoms with Crippen LogP contribution in [0.2, 0.25) is 0 Å². The van der Waals surface area contributed by atoms with Crippen molar-refractivity contribution in [3.63, 3.8) is 0 Å². The molecule has 0 radical (unpaired) electrons. The Labute approximate surface area is 216 Å². The summed E-state index contributed by atoms with van der Waals surface area (Å²) in [7, 11) is 0. The van der Waals surface area contributed by atoms with Crippen LogP contribution in [0.25, 0.3) is 22.2 Å². The van der Waals surface area contributed by atoms with E-state index >= 15 is 0 Å². The number of quaternary nitrogens is 1. The Morgan fingerprint density at radius 3 is 2.35 bits per heavy atom. The molecular weight excluding hydrogens is 464 g/mol. The first kappa shape index (κ1) is 24.6. The molecule has 7 heteroatoms. The second-order valence-electron chi connectivity index (χ2n) is 9.27. The predicted molar refractivity (Wildman–Crippen MR) is 142 cm³/mol. The molecule has 0 aliphatic carbocycles. The van der Waals surface area contributed by atoms with Gasteiger partial charge < -0.3 is 19.9 Å². The molecule has 0 bridgehead atoms. The monoisotopic (exact) mass is 492 g/mol. The van der Waals surface area contributed by atoms with Crippen LogP contribution in [-0.2, 0) is 11.3 Å². The number of ether oxygens (including phenoxy) is 1. The van der Waals surface area contributed by atoms with E-state index in [0.717, 1.165) is 11.1 Å². The van der Waals surface area contributed by atoms with Crippen LogP contribution < -0.4 is 5.32 Å². The van der Waals surface area contributed by atoms with Gasteiger partial charge in [-0.15, -0.1) is 0 Å². The second-order valence-corrected chi connectivity index (χ2v) is 9.27. The number of hydrogen-bond acceptors (Lipinski definition) is 5. The van der Waals surface area contributed by atoms with Gasteiger partial charge in [0.05, 0.1) is 48.5 Å². The number of morpholine rings is 1. The lowest BCUT2D eigenvalue weighted by Crippen LogP contribution is -2.50. The normalized spacial score (nSPS) is 15.6. The van der Waals surface area contributed by atoms with Crippen molar-refractivity contribution >= 4 is 16.8 Å². The number of fused-ring (bicyclic) bond motifs is 1. The molecule has 1 amide bonds. The molecule has 37 heavy (non-hydrogen) atoms. The number of carbonyl (C=O) groups is 1. The predicted octanol–water partition coefficient (Wildman–Crippen LogP) is 5.13. The Kier molecular flexibility index (Phi) is 7.24. The highest BCUT2D eigenvalue weighted by Crippen LogP contribution is 2.33. The molecule has 5 rings (SSSR count). The minimum atomic E-state index is -0.488. The first-order chi connectivity index (χ1) is 18.1. The van der Waals surface area contributed by atoms with Crippen molar-refractivity contribution < 1.29 is 14.2 Å². The van der Waals surface area contributed by atoms with Crippen LogP contribution in [0.5, 0.6) is 0 Å². The van der Waals surface area contributed by atoms with Crippen LogP contribution in [0.4, 0.5) is 0 Å². The highest BCUT2D eigenvalue weighted by atomic mass is 16.6. The molecule has 1 aliphatic rings. The number of nitrogens with one attached hydrogen (secondary N) is 1. The van der Waals surface area contributed by atoms with E-state index in [0.29, 0.717) is 54.0 Å². The van der Waals surface area contributed by atoms with Gasteiger partial charge in [0.15, 0.2) is 0 Å². The van der Waals surface area contributed by atoms with E-state index in [1.54, 1.807) is 0 Å². The van der Waals surface area contributed by atoms with Gasteiger partial charge in [-0.05, 0) is 11.6 Å². The number of carbonyl (C=O) groups excluding carboxylic acids is 1. The van der Waals surface area contributed by atoms with Gasteiger partial charge in [0, 0.05) is 16.5 Å². The number of hydroxylamine groups is 3. The Balaban J connectivity index is 1.68. The average Bonchev–Trinajstić information content (AvgIpc) is 2.93. The molecule has 186 valence electrons. The summed E-state index contributed by atoms with van der Waals surface area (Å²) in [4.78, 5) is 19.0. The maximum absolute atomic E-state index is 14.1. The molecule has 1 atom stereocenters. The molecule has 3 aromatic carbocycles. The first-order valence-electron chi connectivity index (χ1n) is 12.4. The summed E-state index contributed by atoms with van der Waals surface area (Å²) in [5.74, 6) is -0.324. The molecule has 1 unspecified atom stereocenters. The topological polar surface area (TPSA) is 98.1 Å². The van der Waals surface area contributed by atoms with Gasteiger partial charge in [-0.3, -0.25) is 4.79 Å². The summed E-state index contributed by atoms with van der Waals surface area (Å²) in [5, 5.41) is 27.0. The van der Waals surface area contributed by atoms with E-state index < -0.39 is 10.7 Å². The van der Waals surface area contributed by atoms with Crippen molar-refractivity contribution in [3.8, 4) is 17.3 Å². The third-order valence-electron chi connectivity index (χ3n) is 6.80. The third kappa shape index (κ3) is 5.37. The molecule has 1 fully saturated rings. The van der Waals surface area contributed by atoms with Crippen LogP contribution in [0, 0.1) is 16.5 Å². The number of amides is 1. The fourth-order valence-electron chi connectivity index (χ4n) is 4.88. The number of hydrogen-bond donors (Lipinski definition) is 1. The summed E-state index contributed by atoms with van der Waals surface area (Å²) in [5.41, 5.74) is 4.04. The Bertz CT molecular complexity index is 1430. The number of aromatic nitrogens is 1. The van der Waals surface area contributed by atoms with Crippen molar-refractivity contribution in [2.45, 2.75) is 19.0 Å². The Morgan fingerprint density at radius 1 is 1.00 bits per heavy atom. The largest absolute Gasteiger partial charge is 0.632 e. The first-order valence-corrected chi connectivity index (χ1v) is 12.4. The van der Waals surface area contributed by atoms with Crippen LogP contribution in [0.3, 0.4) is 0 Å². The van der Waals surface area contributed by atoms with Crippen LogP contribution >= 0.6 is 0 Å². The lowest BCUT2D eigenvalue weighted by atomic mass is 9.94.